The Morgan fingerprint density at radius 3 is 2.69 bits per heavy atom. The number of carbonyl (C=O) groups is 5. The second-order valence-electron chi connectivity index (χ2n) is 8.64. The van der Waals surface area contributed by atoms with Crippen LogP contribution >= 0.6 is 11.8 Å². The molecular weight excluding hydrogens is 529 g/mol. The molecule has 0 fully saturated rings. The Morgan fingerprint density at radius 1 is 1.23 bits per heavy atom. The van der Waals surface area contributed by atoms with Crippen molar-refractivity contribution in [1.29, 1.82) is 0 Å². The first kappa shape index (κ1) is 31.6. The maximum absolute atomic E-state index is 14.2. The number of halogens is 1. The van der Waals surface area contributed by atoms with Crippen LogP contribution in [0, 0.1) is 5.82 Å². The Balaban J connectivity index is 2.37. The lowest BCUT2D eigenvalue weighted by atomic mass is 10.1. The van der Waals surface area contributed by atoms with E-state index in [1.165, 1.54) is 19.9 Å². The molecule has 1 aliphatic rings. The van der Waals surface area contributed by atoms with Gasteiger partial charge in [-0.05, 0) is 51.3 Å². The van der Waals surface area contributed by atoms with E-state index in [4.69, 9.17) is 10.5 Å². The minimum Gasteiger partial charge on any atom is -0.456 e. The predicted molar refractivity (Wildman–Crippen MR) is 143 cm³/mol. The molecule has 0 aromatic carbocycles. The fraction of sp³-hybridized carbons (Fsp3) is 0.462. The van der Waals surface area contributed by atoms with Crippen molar-refractivity contribution in [1.82, 2.24) is 20.9 Å². The average Bonchev–Trinajstić information content (AvgIpc) is 2.88. The SMILES string of the molecule is C/C=C1\NC(=O)c2cc(F)cc(n2)CNC(=O)C[C@@H](/C=C/CCSC(C)=O)OC(=O)[C@H](CCCCN)NC1=O. The Labute approximate surface area is 230 Å². The first-order valence-corrected chi connectivity index (χ1v) is 13.5. The zero-order valence-electron chi connectivity index (χ0n) is 22.0. The van der Waals surface area contributed by atoms with Gasteiger partial charge in [-0.25, -0.2) is 14.2 Å². The van der Waals surface area contributed by atoms with Crippen molar-refractivity contribution in [2.75, 3.05) is 12.3 Å². The van der Waals surface area contributed by atoms with Crippen molar-refractivity contribution in [3.8, 4) is 0 Å². The van der Waals surface area contributed by atoms with Gasteiger partial charge in [-0.3, -0.25) is 19.2 Å². The quantitative estimate of drug-likeness (QED) is 0.159. The standard InChI is InChI=1S/C26H34FN5O6S/c1-3-20-24(35)32-21(9-4-6-10-28)26(37)38-19(8-5-7-11-39-16(2)33)14-23(34)29-15-18-12-17(27)13-22(30-18)25(36)31-20/h3,5,8,12-13,19,21H,4,6-7,9-11,14-15,28H2,1-2H3,(H,29,34)(H,31,36)(H,32,35)/b8-5+,20-3-/t19-,21+/m1/s1. The molecule has 0 saturated heterocycles. The molecule has 0 unspecified atom stereocenters. The van der Waals surface area contributed by atoms with Gasteiger partial charge in [-0.2, -0.15) is 0 Å². The fourth-order valence-electron chi connectivity index (χ4n) is 3.52. The number of esters is 1. The number of hydrogen-bond donors (Lipinski definition) is 4. The lowest BCUT2D eigenvalue weighted by Crippen LogP contribution is -2.46. The number of thioether (sulfide) groups is 1. The first-order chi connectivity index (χ1) is 18.6. The number of fused-ring (bicyclic) bond motifs is 2. The highest BCUT2D eigenvalue weighted by Crippen LogP contribution is 2.12. The number of nitrogens with zero attached hydrogens (tertiary/aromatic N) is 1. The van der Waals surface area contributed by atoms with Gasteiger partial charge in [-0.15, -0.1) is 0 Å². The number of amides is 3. The number of hydrogen-bond acceptors (Lipinski definition) is 9. The van der Waals surface area contributed by atoms with Crippen molar-refractivity contribution in [2.24, 2.45) is 5.73 Å². The molecule has 0 aliphatic carbocycles. The number of pyridine rings is 1. The Hall–Kier alpha value is -3.58. The van der Waals surface area contributed by atoms with Gasteiger partial charge in [-0.1, -0.05) is 23.9 Å². The van der Waals surface area contributed by atoms with Crippen molar-refractivity contribution in [2.45, 2.75) is 64.6 Å². The number of ether oxygens (including phenoxy) is 1. The highest BCUT2D eigenvalue weighted by molar-refractivity contribution is 8.13. The maximum Gasteiger partial charge on any atom is 0.329 e. The van der Waals surface area contributed by atoms with Crippen LogP contribution in [0.3, 0.4) is 0 Å². The van der Waals surface area contributed by atoms with E-state index in [1.807, 2.05) is 0 Å². The zero-order chi connectivity index (χ0) is 28.8. The van der Waals surface area contributed by atoms with E-state index in [-0.39, 0.29) is 41.6 Å². The monoisotopic (exact) mass is 563 g/mol. The summed E-state index contributed by atoms with van der Waals surface area (Å²) in [7, 11) is 0. The Morgan fingerprint density at radius 2 is 2.00 bits per heavy atom. The van der Waals surface area contributed by atoms with Crippen LogP contribution in [0.1, 0.15) is 62.1 Å². The number of rotatable bonds is 8. The predicted octanol–water partition coefficient (Wildman–Crippen LogP) is 1.63. The van der Waals surface area contributed by atoms with Crippen LogP contribution in [-0.4, -0.2) is 58.2 Å². The largest absolute Gasteiger partial charge is 0.456 e. The third-order valence-corrected chi connectivity index (χ3v) is 6.30. The van der Waals surface area contributed by atoms with Gasteiger partial charge in [0.05, 0.1) is 18.7 Å². The summed E-state index contributed by atoms with van der Waals surface area (Å²) < 4.78 is 19.8. The summed E-state index contributed by atoms with van der Waals surface area (Å²) in [6, 6.07) is 0.891. The molecule has 1 aromatic heterocycles. The number of aromatic nitrogens is 1. The summed E-state index contributed by atoms with van der Waals surface area (Å²) in [5, 5.41) is 7.52. The molecule has 11 nitrogen and oxygen atoms in total. The minimum absolute atomic E-state index is 0.0271. The number of nitrogens with two attached hydrogens (primary N) is 1. The summed E-state index contributed by atoms with van der Waals surface area (Å²) in [6.45, 7) is 3.18. The van der Waals surface area contributed by atoms with E-state index in [2.05, 4.69) is 20.9 Å². The van der Waals surface area contributed by atoms with Gasteiger partial charge in [0.15, 0.2) is 5.12 Å². The third kappa shape index (κ3) is 11.4. The number of carbonyl (C=O) groups excluding carboxylic acids is 5. The van der Waals surface area contributed by atoms with E-state index in [9.17, 15) is 28.4 Å². The fourth-order valence-corrected chi connectivity index (χ4v) is 4.07. The van der Waals surface area contributed by atoms with Crippen molar-refractivity contribution in [3.63, 3.8) is 0 Å². The molecule has 2 atom stereocenters. The zero-order valence-corrected chi connectivity index (χ0v) is 22.8. The topological polar surface area (TPSA) is 170 Å². The van der Waals surface area contributed by atoms with Crippen LogP contribution < -0.4 is 21.7 Å². The second kappa shape index (κ2) is 16.4. The highest BCUT2D eigenvalue weighted by atomic mass is 32.2. The molecule has 2 rings (SSSR count). The molecule has 2 heterocycles. The lowest BCUT2D eigenvalue weighted by Gasteiger charge is -2.22. The smallest absolute Gasteiger partial charge is 0.329 e. The first-order valence-electron chi connectivity index (χ1n) is 12.5. The molecular formula is C26H34FN5O6S. The van der Waals surface area contributed by atoms with Crippen molar-refractivity contribution < 1.29 is 33.1 Å². The van der Waals surface area contributed by atoms with Crippen LogP contribution in [0.2, 0.25) is 0 Å². The molecule has 3 amide bonds. The lowest BCUT2D eigenvalue weighted by molar-refractivity contribution is -0.152. The van der Waals surface area contributed by atoms with Gasteiger partial charge in [0.2, 0.25) is 5.91 Å². The number of nitrogens with one attached hydrogen (secondary N) is 3. The second-order valence-corrected chi connectivity index (χ2v) is 9.91. The van der Waals surface area contributed by atoms with Crippen LogP contribution in [0.25, 0.3) is 0 Å². The third-order valence-electron chi connectivity index (χ3n) is 5.46. The molecule has 5 N–H and O–H groups in total. The normalized spacial score (nSPS) is 20.4. The Kier molecular flexibility index (Phi) is 13.3. The van der Waals surface area contributed by atoms with Gasteiger partial charge >= 0.3 is 5.97 Å². The number of allylic oxidation sites excluding steroid dienone is 2. The molecule has 1 aromatic rings. The van der Waals surface area contributed by atoms with E-state index in [0.29, 0.717) is 31.6 Å². The van der Waals surface area contributed by atoms with Crippen LogP contribution in [0.5, 0.6) is 0 Å². The van der Waals surface area contributed by atoms with Crippen molar-refractivity contribution in [3.05, 3.63) is 53.3 Å². The highest BCUT2D eigenvalue weighted by Gasteiger charge is 2.27. The minimum atomic E-state index is -1.09. The molecule has 0 saturated carbocycles. The van der Waals surface area contributed by atoms with Gasteiger partial charge in [0.1, 0.15) is 29.4 Å². The summed E-state index contributed by atoms with van der Waals surface area (Å²) in [4.78, 5) is 66.7. The van der Waals surface area contributed by atoms with E-state index in [0.717, 1.165) is 23.9 Å². The van der Waals surface area contributed by atoms with Gasteiger partial charge < -0.3 is 26.4 Å². The average molecular weight is 564 g/mol. The summed E-state index contributed by atoms with van der Waals surface area (Å²) in [5.74, 6) is -3.10. The number of cyclic esters (lactones) is 1. The molecule has 212 valence electrons. The number of unbranched alkanes of at least 4 members (excludes halogenated alkanes) is 1. The van der Waals surface area contributed by atoms with Crippen molar-refractivity contribution >= 4 is 40.6 Å². The summed E-state index contributed by atoms with van der Waals surface area (Å²) in [5.41, 5.74) is 5.19. The van der Waals surface area contributed by atoms with Gasteiger partial charge in [0.25, 0.3) is 11.8 Å². The molecule has 39 heavy (non-hydrogen) atoms. The van der Waals surface area contributed by atoms with Crippen LogP contribution in [-0.2, 0) is 30.5 Å². The van der Waals surface area contributed by atoms with Gasteiger partial charge in [0, 0.05) is 18.7 Å². The summed E-state index contributed by atoms with van der Waals surface area (Å²) in [6.07, 6.45) is 5.17. The van der Waals surface area contributed by atoms with E-state index in [1.54, 1.807) is 12.2 Å². The molecule has 0 spiro atoms. The molecule has 0 radical (unpaired) electrons. The van der Waals surface area contributed by atoms with E-state index < -0.39 is 41.7 Å². The van der Waals surface area contributed by atoms with E-state index >= 15 is 0 Å². The molecule has 13 heteroatoms. The molecule has 1 aliphatic heterocycles. The molecule has 2 bridgehead atoms. The summed E-state index contributed by atoms with van der Waals surface area (Å²) >= 11 is 1.14. The van der Waals surface area contributed by atoms with Crippen LogP contribution in [0.4, 0.5) is 4.39 Å². The Bertz CT molecular complexity index is 1130. The van der Waals surface area contributed by atoms with Crippen LogP contribution in [0.15, 0.2) is 36.1 Å². The maximum atomic E-state index is 14.2.